The van der Waals surface area contributed by atoms with Gasteiger partial charge in [0.1, 0.15) is 11.6 Å². The number of carbonyl (C=O) groups excluding carboxylic acids is 2. The largest absolute Gasteiger partial charge is 0.493 e. The lowest BCUT2D eigenvalue weighted by Crippen LogP contribution is -2.52. The predicted molar refractivity (Wildman–Crippen MR) is 114 cm³/mol. The molecular formula is C21H27N3O5S. The first-order valence-electron chi connectivity index (χ1n) is 9.58. The Bertz CT molecular complexity index is 951. The van der Waals surface area contributed by atoms with Gasteiger partial charge in [-0.25, -0.2) is 9.78 Å². The molecule has 1 aliphatic rings. The molecule has 0 saturated heterocycles. The van der Waals surface area contributed by atoms with Gasteiger partial charge in [-0.2, -0.15) is 0 Å². The van der Waals surface area contributed by atoms with Crippen molar-refractivity contribution in [3.05, 3.63) is 34.3 Å². The Balaban J connectivity index is 1.94. The molecule has 30 heavy (non-hydrogen) atoms. The number of thiazole rings is 1. The maximum Gasteiger partial charge on any atom is 0.411 e. The lowest BCUT2D eigenvalue weighted by Gasteiger charge is -2.37. The van der Waals surface area contributed by atoms with E-state index in [0.717, 1.165) is 16.0 Å². The van der Waals surface area contributed by atoms with E-state index in [1.165, 1.54) is 16.2 Å². The molecule has 2 aromatic rings. The second kappa shape index (κ2) is 8.51. The van der Waals surface area contributed by atoms with Crippen LogP contribution in [0.3, 0.4) is 0 Å². The molecule has 1 aliphatic heterocycles. The van der Waals surface area contributed by atoms with Crippen molar-refractivity contribution in [3.63, 3.8) is 0 Å². The van der Waals surface area contributed by atoms with Crippen molar-refractivity contribution in [1.82, 2.24) is 9.88 Å². The molecule has 0 fully saturated rings. The van der Waals surface area contributed by atoms with Gasteiger partial charge in [-0.3, -0.25) is 9.69 Å². The van der Waals surface area contributed by atoms with Crippen LogP contribution in [0.4, 0.5) is 9.93 Å². The van der Waals surface area contributed by atoms with Gasteiger partial charge in [0.25, 0.3) is 0 Å². The van der Waals surface area contributed by atoms with E-state index in [0.29, 0.717) is 23.1 Å². The smallest absolute Gasteiger partial charge is 0.411 e. The Labute approximate surface area is 180 Å². The van der Waals surface area contributed by atoms with E-state index in [-0.39, 0.29) is 12.5 Å². The number of nitrogens with one attached hydrogen (secondary N) is 1. The van der Waals surface area contributed by atoms with Crippen LogP contribution in [0.5, 0.6) is 11.5 Å². The van der Waals surface area contributed by atoms with Crippen molar-refractivity contribution in [2.24, 2.45) is 0 Å². The Kier molecular flexibility index (Phi) is 6.21. The highest BCUT2D eigenvalue weighted by Gasteiger charge is 2.38. The topological polar surface area (TPSA) is 90.0 Å². The van der Waals surface area contributed by atoms with E-state index in [9.17, 15) is 9.59 Å². The van der Waals surface area contributed by atoms with Crippen LogP contribution in [0.2, 0.25) is 0 Å². The van der Waals surface area contributed by atoms with Gasteiger partial charge in [0.2, 0.25) is 5.91 Å². The van der Waals surface area contributed by atoms with Gasteiger partial charge >= 0.3 is 6.09 Å². The second-order valence-electron chi connectivity index (χ2n) is 8.07. The Morgan fingerprint density at radius 3 is 2.33 bits per heavy atom. The van der Waals surface area contributed by atoms with Crippen LogP contribution >= 0.6 is 11.3 Å². The number of carbonyl (C=O) groups is 2. The minimum absolute atomic E-state index is 0.222. The zero-order chi connectivity index (χ0) is 22.1. The summed E-state index contributed by atoms with van der Waals surface area (Å²) in [5, 5.41) is 3.32. The van der Waals surface area contributed by atoms with Crippen molar-refractivity contribution in [2.75, 3.05) is 19.5 Å². The average molecular weight is 434 g/mol. The number of rotatable bonds is 4. The number of anilines is 1. The molecule has 0 aliphatic carbocycles. The molecule has 1 N–H and O–H groups in total. The third kappa shape index (κ3) is 4.84. The fourth-order valence-electron chi connectivity index (χ4n) is 3.26. The summed E-state index contributed by atoms with van der Waals surface area (Å²) >= 11 is 1.38. The van der Waals surface area contributed by atoms with E-state index in [2.05, 4.69) is 10.3 Å². The Hall–Kier alpha value is -2.81. The summed E-state index contributed by atoms with van der Waals surface area (Å²) in [6.07, 6.45) is 1.48. The first kappa shape index (κ1) is 21.9. The fraction of sp³-hybridized carbons (Fsp3) is 0.476. The zero-order valence-electron chi connectivity index (χ0n) is 18.1. The van der Waals surface area contributed by atoms with Gasteiger partial charge in [-0.05, 0) is 51.0 Å². The molecule has 2 heterocycles. The summed E-state index contributed by atoms with van der Waals surface area (Å²) in [4.78, 5) is 32.7. The van der Waals surface area contributed by atoms with E-state index < -0.39 is 17.7 Å². The van der Waals surface area contributed by atoms with Crippen molar-refractivity contribution in [2.45, 2.75) is 52.3 Å². The summed E-state index contributed by atoms with van der Waals surface area (Å²) in [5.74, 6) is 0.842. The lowest BCUT2D eigenvalue weighted by molar-refractivity contribution is -0.121. The molecule has 0 unspecified atom stereocenters. The molecule has 1 aromatic heterocycles. The Morgan fingerprint density at radius 1 is 1.17 bits per heavy atom. The molecule has 3 rings (SSSR count). The van der Waals surface area contributed by atoms with Gasteiger partial charge in [-0.15, -0.1) is 11.3 Å². The van der Waals surface area contributed by atoms with Crippen LogP contribution in [-0.4, -0.2) is 47.7 Å². The van der Waals surface area contributed by atoms with E-state index in [4.69, 9.17) is 14.2 Å². The van der Waals surface area contributed by atoms with Gasteiger partial charge in [0.05, 0.1) is 20.8 Å². The fourth-order valence-corrected chi connectivity index (χ4v) is 3.93. The molecule has 8 nitrogen and oxygen atoms in total. The van der Waals surface area contributed by atoms with Gasteiger partial charge in [-0.1, -0.05) is 0 Å². The van der Waals surface area contributed by atoms with Crippen LogP contribution in [0.15, 0.2) is 18.3 Å². The average Bonchev–Trinajstić information content (AvgIpc) is 3.08. The minimum atomic E-state index is -0.741. The summed E-state index contributed by atoms with van der Waals surface area (Å²) in [6, 6.07) is 2.95. The number of hydrogen-bond acceptors (Lipinski definition) is 7. The third-order valence-corrected chi connectivity index (χ3v) is 5.45. The zero-order valence-corrected chi connectivity index (χ0v) is 18.9. The first-order valence-corrected chi connectivity index (χ1v) is 10.4. The van der Waals surface area contributed by atoms with Crippen molar-refractivity contribution in [3.8, 4) is 11.5 Å². The summed E-state index contributed by atoms with van der Waals surface area (Å²) < 4.78 is 16.4. The molecular weight excluding hydrogens is 406 g/mol. The Morgan fingerprint density at radius 2 is 1.80 bits per heavy atom. The number of amides is 2. The molecule has 162 valence electrons. The molecule has 9 heteroatoms. The maximum atomic E-state index is 13.1. The number of hydrogen-bond donors (Lipinski definition) is 1. The van der Waals surface area contributed by atoms with Gasteiger partial charge in [0, 0.05) is 17.5 Å². The van der Waals surface area contributed by atoms with Crippen molar-refractivity contribution >= 4 is 28.5 Å². The summed E-state index contributed by atoms with van der Waals surface area (Å²) in [6.45, 7) is 7.52. The minimum Gasteiger partial charge on any atom is -0.493 e. The molecule has 0 bridgehead atoms. The normalized spacial score (nSPS) is 15.9. The van der Waals surface area contributed by atoms with Crippen LogP contribution < -0.4 is 14.8 Å². The summed E-state index contributed by atoms with van der Waals surface area (Å²) in [5.41, 5.74) is 1.12. The third-order valence-electron chi connectivity index (χ3n) is 4.62. The van der Waals surface area contributed by atoms with E-state index in [1.54, 1.807) is 41.2 Å². The van der Waals surface area contributed by atoms with E-state index >= 15 is 0 Å². The van der Waals surface area contributed by atoms with E-state index in [1.807, 2.05) is 19.1 Å². The number of benzene rings is 1. The highest BCUT2D eigenvalue weighted by Crippen LogP contribution is 2.35. The number of methoxy groups -OCH3 is 2. The number of fused-ring (bicyclic) bond motifs is 1. The number of ether oxygens (including phenoxy) is 3. The standard InChI is InChI=1S/C21H27N3O5S/c1-12-10-22-19(30-12)23-18(25)15-7-13-8-16(27-5)17(28-6)9-14(13)11-24(15)20(26)29-21(2,3)4/h8-10,15H,7,11H2,1-6H3,(H,22,23,25)/t15-/m0/s1. The molecule has 2 amide bonds. The molecule has 0 spiro atoms. The number of aromatic nitrogens is 1. The van der Waals surface area contributed by atoms with Crippen LogP contribution in [0.1, 0.15) is 36.8 Å². The molecule has 0 radical (unpaired) electrons. The molecule has 1 aromatic carbocycles. The number of nitrogens with zero attached hydrogens (tertiary/aromatic N) is 2. The van der Waals surface area contributed by atoms with Crippen LogP contribution in [0, 0.1) is 6.92 Å². The highest BCUT2D eigenvalue weighted by atomic mass is 32.1. The SMILES string of the molecule is COc1cc2c(cc1OC)CN(C(=O)OC(C)(C)C)[C@H](C(=O)Nc1ncc(C)s1)C2. The van der Waals surface area contributed by atoms with Crippen molar-refractivity contribution in [1.29, 1.82) is 0 Å². The quantitative estimate of drug-likeness (QED) is 0.789. The monoisotopic (exact) mass is 433 g/mol. The molecule has 0 saturated carbocycles. The van der Waals surface area contributed by atoms with Crippen molar-refractivity contribution < 1.29 is 23.8 Å². The molecule has 1 atom stereocenters. The highest BCUT2D eigenvalue weighted by molar-refractivity contribution is 7.15. The summed E-state index contributed by atoms with van der Waals surface area (Å²) in [7, 11) is 3.13. The lowest BCUT2D eigenvalue weighted by atomic mass is 9.93. The maximum absolute atomic E-state index is 13.1. The van der Waals surface area contributed by atoms with Gasteiger partial charge < -0.3 is 19.5 Å². The van der Waals surface area contributed by atoms with Crippen LogP contribution in [-0.2, 0) is 22.5 Å². The predicted octanol–water partition coefficient (Wildman–Crippen LogP) is 3.77. The first-order chi connectivity index (χ1) is 14.1. The number of aryl methyl sites for hydroxylation is 1. The van der Waals surface area contributed by atoms with Gasteiger partial charge in [0.15, 0.2) is 16.6 Å². The van der Waals surface area contributed by atoms with Crippen LogP contribution in [0.25, 0.3) is 0 Å². The second-order valence-corrected chi connectivity index (χ2v) is 9.30.